The molecule has 0 spiro atoms. The maximum atomic E-state index is 5.98. The van der Waals surface area contributed by atoms with Gasteiger partial charge in [0.2, 0.25) is 0 Å². The van der Waals surface area contributed by atoms with Crippen LogP contribution in [0.4, 0.5) is 5.69 Å². The van der Waals surface area contributed by atoms with Crippen LogP contribution in [0.2, 0.25) is 0 Å². The minimum Gasteiger partial charge on any atom is -0.467 e. The van der Waals surface area contributed by atoms with Gasteiger partial charge in [0.1, 0.15) is 5.76 Å². The summed E-state index contributed by atoms with van der Waals surface area (Å²) >= 11 is 0. The van der Waals surface area contributed by atoms with Crippen LogP contribution >= 0.6 is 0 Å². The largest absolute Gasteiger partial charge is 0.467 e. The summed E-state index contributed by atoms with van der Waals surface area (Å²) in [4.78, 5) is 0. The van der Waals surface area contributed by atoms with Crippen LogP contribution in [0.1, 0.15) is 35.5 Å². The van der Waals surface area contributed by atoms with Crippen molar-refractivity contribution in [3.05, 3.63) is 53.5 Å². The second kappa shape index (κ2) is 4.14. The average Bonchev–Trinajstić information content (AvgIpc) is 3.09. The van der Waals surface area contributed by atoms with Crippen molar-refractivity contribution in [3.63, 3.8) is 0 Å². The Labute approximate surface area is 112 Å². The van der Waals surface area contributed by atoms with Crippen LogP contribution in [-0.2, 0) is 4.74 Å². The molecule has 0 bridgehead atoms. The standard InChI is InChI=1S/C16H17NO2/c1-10-4-5-13-12(9-10)16-11(6-8-19-16)15(17-13)14-3-2-7-18-14/h2-5,7,9,11,15-17H,6,8H2,1H3/t11-,15-,16-/m1/s1. The van der Waals surface area contributed by atoms with Gasteiger partial charge in [0.15, 0.2) is 0 Å². The molecule has 3 heteroatoms. The number of hydrogen-bond acceptors (Lipinski definition) is 3. The minimum absolute atomic E-state index is 0.200. The predicted octanol–water partition coefficient (Wildman–Crippen LogP) is 3.83. The minimum atomic E-state index is 0.200. The van der Waals surface area contributed by atoms with Gasteiger partial charge in [-0.3, -0.25) is 0 Å². The van der Waals surface area contributed by atoms with Gasteiger partial charge >= 0.3 is 0 Å². The van der Waals surface area contributed by atoms with Gasteiger partial charge in [-0.25, -0.2) is 0 Å². The third-order valence-electron chi connectivity index (χ3n) is 4.24. The number of nitrogens with one attached hydrogen (secondary N) is 1. The number of aryl methyl sites for hydroxylation is 1. The van der Waals surface area contributed by atoms with Crippen molar-refractivity contribution in [2.75, 3.05) is 11.9 Å². The van der Waals surface area contributed by atoms with Crippen molar-refractivity contribution in [1.82, 2.24) is 0 Å². The summed E-state index contributed by atoms with van der Waals surface area (Å²) in [7, 11) is 0. The molecule has 1 aromatic carbocycles. The Morgan fingerprint density at radius 1 is 1.26 bits per heavy atom. The second-order valence-electron chi connectivity index (χ2n) is 5.47. The van der Waals surface area contributed by atoms with Gasteiger partial charge in [0.05, 0.1) is 18.4 Å². The Balaban J connectivity index is 1.80. The molecule has 3 heterocycles. The molecule has 0 saturated carbocycles. The van der Waals surface area contributed by atoms with Crippen LogP contribution in [0.3, 0.4) is 0 Å². The molecule has 0 unspecified atom stereocenters. The first kappa shape index (κ1) is 11.1. The number of benzene rings is 1. The number of furan rings is 1. The zero-order valence-corrected chi connectivity index (χ0v) is 10.9. The molecule has 0 aliphatic carbocycles. The van der Waals surface area contributed by atoms with Crippen LogP contribution in [-0.4, -0.2) is 6.61 Å². The molecule has 1 N–H and O–H groups in total. The first-order valence-electron chi connectivity index (χ1n) is 6.85. The summed E-state index contributed by atoms with van der Waals surface area (Å²) < 4.78 is 11.6. The van der Waals surface area contributed by atoms with Gasteiger partial charge in [0, 0.05) is 23.8 Å². The molecule has 2 aromatic rings. The lowest BCUT2D eigenvalue weighted by atomic mass is 9.82. The van der Waals surface area contributed by atoms with E-state index in [-0.39, 0.29) is 12.1 Å². The molecule has 19 heavy (non-hydrogen) atoms. The van der Waals surface area contributed by atoms with E-state index in [0.29, 0.717) is 5.92 Å². The zero-order valence-electron chi connectivity index (χ0n) is 10.9. The van der Waals surface area contributed by atoms with Crippen molar-refractivity contribution >= 4 is 5.69 Å². The van der Waals surface area contributed by atoms with Crippen LogP contribution < -0.4 is 5.32 Å². The second-order valence-corrected chi connectivity index (χ2v) is 5.47. The van der Waals surface area contributed by atoms with Crippen molar-refractivity contribution in [3.8, 4) is 0 Å². The monoisotopic (exact) mass is 255 g/mol. The summed E-state index contributed by atoms with van der Waals surface area (Å²) in [5.41, 5.74) is 3.76. The molecule has 0 radical (unpaired) electrons. The van der Waals surface area contributed by atoms with Crippen molar-refractivity contribution < 1.29 is 9.15 Å². The zero-order chi connectivity index (χ0) is 12.8. The van der Waals surface area contributed by atoms with Gasteiger partial charge < -0.3 is 14.5 Å². The van der Waals surface area contributed by atoms with Gasteiger partial charge in [-0.2, -0.15) is 0 Å². The Kier molecular flexibility index (Phi) is 2.42. The van der Waals surface area contributed by atoms with Crippen molar-refractivity contribution in [1.29, 1.82) is 0 Å². The van der Waals surface area contributed by atoms with Crippen LogP contribution in [0.5, 0.6) is 0 Å². The highest BCUT2D eigenvalue weighted by Gasteiger charge is 2.42. The topological polar surface area (TPSA) is 34.4 Å². The number of anilines is 1. The third kappa shape index (κ3) is 1.69. The fourth-order valence-electron chi connectivity index (χ4n) is 3.34. The summed E-state index contributed by atoms with van der Waals surface area (Å²) in [5, 5.41) is 3.62. The fourth-order valence-corrected chi connectivity index (χ4v) is 3.34. The maximum Gasteiger partial charge on any atom is 0.126 e. The fraction of sp³-hybridized carbons (Fsp3) is 0.375. The van der Waals surface area contributed by atoms with E-state index in [1.807, 2.05) is 12.1 Å². The summed E-state index contributed by atoms with van der Waals surface area (Å²) in [6, 6.07) is 10.7. The number of hydrogen-bond donors (Lipinski definition) is 1. The molecule has 3 nitrogen and oxygen atoms in total. The van der Waals surface area contributed by atoms with Gasteiger partial charge in [-0.15, -0.1) is 0 Å². The quantitative estimate of drug-likeness (QED) is 0.841. The lowest BCUT2D eigenvalue weighted by Crippen LogP contribution is -2.29. The van der Waals surface area contributed by atoms with Crippen LogP contribution in [0.25, 0.3) is 0 Å². The number of rotatable bonds is 1. The molecule has 4 rings (SSSR count). The summed E-state index contributed by atoms with van der Waals surface area (Å²) in [5.74, 6) is 1.46. The molecule has 1 fully saturated rings. The highest BCUT2D eigenvalue weighted by molar-refractivity contribution is 5.57. The molecule has 3 atom stereocenters. The van der Waals surface area contributed by atoms with Crippen molar-refractivity contribution in [2.45, 2.75) is 25.5 Å². The molecular weight excluding hydrogens is 238 g/mol. The predicted molar refractivity (Wildman–Crippen MR) is 73.1 cm³/mol. The van der Waals surface area contributed by atoms with E-state index in [1.54, 1.807) is 6.26 Å². The van der Waals surface area contributed by atoms with Gasteiger partial charge in [-0.1, -0.05) is 17.7 Å². The Morgan fingerprint density at radius 2 is 2.21 bits per heavy atom. The Bertz CT molecular complexity index is 591. The Morgan fingerprint density at radius 3 is 3.05 bits per heavy atom. The van der Waals surface area contributed by atoms with Crippen molar-refractivity contribution in [2.24, 2.45) is 5.92 Å². The highest BCUT2D eigenvalue weighted by Crippen LogP contribution is 2.49. The molecule has 1 aromatic heterocycles. The van der Waals surface area contributed by atoms with E-state index in [2.05, 4.69) is 30.4 Å². The third-order valence-corrected chi connectivity index (χ3v) is 4.24. The van der Waals surface area contributed by atoms with Crippen LogP contribution in [0.15, 0.2) is 41.0 Å². The number of ether oxygens (including phenoxy) is 1. The lowest BCUT2D eigenvalue weighted by molar-refractivity contribution is 0.0807. The van der Waals surface area contributed by atoms with E-state index in [1.165, 1.54) is 16.8 Å². The molecule has 1 saturated heterocycles. The maximum absolute atomic E-state index is 5.98. The first-order valence-corrected chi connectivity index (χ1v) is 6.85. The first-order chi connectivity index (χ1) is 9.33. The summed E-state index contributed by atoms with van der Waals surface area (Å²) in [6.45, 7) is 2.96. The van der Waals surface area contributed by atoms with E-state index in [9.17, 15) is 0 Å². The molecular formula is C16H17NO2. The summed E-state index contributed by atoms with van der Waals surface area (Å²) in [6.07, 6.45) is 3.02. The number of fused-ring (bicyclic) bond motifs is 3. The molecule has 0 amide bonds. The smallest absolute Gasteiger partial charge is 0.126 e. The normalized spacial score (nSPS) is 28.6. The van der Waals surface area contributed by atoms with E-state index in [0.717, 1.165) is 18.8 Å². The lowest BCUT2D eigenvalue weighted by Gasteiger charge is -2.35. The molecule has 98 valence electrons. The Hall–Kier alpha value is -1.74. The molecule has 2 aliphatic rings. The SMILES string of the molecule is Cc1ccc2c(c1)[C@@H]1OCC[C@@H]1[C@H](c1ccco1)N2. The average molecular weight is 255 g/mol. The van der Waals surface area contributed by atoms with E-state index in [4.69, 9.17) is 9.15 Å². The van der Waals surface area contributed by atoms with E-state index >= 15 is 0 Å². The highest BCUT2D eigenvalue weighted by atomic mass is 16.5. The van der Waals surface area contributed by atoms with Crippen LogP contribution in [0, 0.1) is 12.8 Å². The molecule has 2 aliphatic heterocycles. The van der Waals surface area contributed by atoms with Gasteiger partial charge in [-0.05, 0) is 31.5 Å². The van der Waals surface area contributed by atoms with E-state index < -0.39 is 0 Å². The van der Waals surface area contributed by atoms with Gasteiger partial charge in [0.25, 0.3) is 0 Å².